The summed E-state index contributed by atoms with van der Waals surface area (Å²) in [6, 6.07) is 2.00. The third-order valence-corrected chi connectivity index (χ3v) is 8.08. The molecule has 4 aliphatic rings. The number of rotatable bonds is 4. The molecule has 4 saturated heterocycles. The second kappa shape index (κ2) is 5.87. The number of likely N-dealkylation sites (tertiary alicyclic amines) is 1. The van der Waals surface area contributed by atoms with E-state index < -0.39 is 10.0 Å². The lowest BCUT2D eigenvalue weighted by molar-refractivity contribution is -0.197. The van der Waals surface area contributed by atoms with Crippen LogP contribution in [0.1, 0.15) is 12.0 Å². The van der Waals surface area contributed by atoms with Gasteiger partial charge in [0.15, 0.2) is 0 Å². The van der Waals surface area contributed by atoms with Gasteiger partial charge >= 0.3 is 0 Å². The van der Waals surface area contributed by atoms with Gasteiger partial charge in [0.1, 0.15) is 4.90 Å². The largest absolute Gasteiger partial charge is 0.480 e. The molecule has 2 spiro atoms. The monoisotopic (exact) mass is 395 g/mol. The molecule has 0 amide bonds. The van der Waals surface area contributed by atoms with Crippen LogP contribution in [0.25, 0.3) is 0 Å². The van der Waals surface area contributed by atoms with Crippen LogP contribution in [0.3, 0.4) is 0 Å². The van der Waals surface area contributed by atoms with E-state index in [1.54, 1.807) is 12.3 Å². The molecular weight excluding hydrogens is 370 g/mol. The van der Waals surface area contributed by atoms with Crippen molar-refractivity contribution in [3.63, 3.8) is 0 Å². The van der Waals surface area contributed by atoms with Gasteiger partial charge in [-0.25, -0.2) is 13.4 Å². The molecule has 148 valence electrons. The van der Waals surface area contributed by atoms with E-state index in [-0.39, 0.29) is 16.4 Å². The Kier molecular flexibility index (Phi) is 3.87. The first kappa shape index (κ1) is 17.8. The second-order valence-electron chi connectivity index (χ2n) is 8.54. The first-order valence-electron chi connectivity index (χ1n) is 9.31. The van der Waals surface area contributed by atoms with E-state index in [0.717, 1.165) is 38.3 Å². The van der Waals surface area contributed by atoms with Crippen LogP contribution in [0.5, 0.6) is 5.88 Å². The Morgan fingerprint density at radius 3 is 2.63 bits per heavy atom. The molecule has 0 aliphatic carbocycles. The van der Waals surface area contributed by atoms with Crippen molar-refractivity contribution in [3.05, 3.63) is 17.8 Å². The minimum Gasteiger partial charge on any atom is -0.480 e. The maximum Gasteiger partial charge on any atom is 0.248 e. The van der Waals surface area contributed by atoms with Gasteiger partial charge in [-0.2, -0.15) is 4.31 Å². The summed E-state index contributed by atoms with van der Waals surface area (Å²) in [4.78, 5) is 6.69. The highest BCUT2D eigenvalue weighted by Crippen LogP contribution is 2.45. The van der Waals surface area contributed by atoms with Crippen LogP contribution >= 0.6 is 0 Å². The molecule has 5 heterocycles. The van der Waals surface area contributed by atoms with Crippen molar-refractivity contribution in [2.45, 2.75) is 29.9 Å². The second-order valence-corrected chi connectivity index (χ2v) is 10.4. The van der Waals surface area contributed by atoms with Gasteiger partial charge in [0.2, 0.25) is 15.9 Å². The highest BCUT2D eigenvalue weighted by atomic mass is 32.2. The van der Waals surface area contributed by atoms with E-state index in [1.807, 2.05) is 6.92 Å². The van der Waals surface area contributed by atoms with Crippen molar-refractivity contribution in [3.8, 4) is 5.88 Å². The Morgan fingerprint density at radius 2 is 2.00 bits per heavy atom. The van der Waals surface area contributed by atoms with Crippen LogP contribution in [0, 0.1) is 12.3 Å². The zero-order chi connectivity index (χ0) is 18.9. The average Bonchev–Trinajstić information content (AvgIpc) is 2.96. The average molecular weight is 395 g/mol. The summed E-state index contributed by atoms with van der Waals surface area (Å²) < 4.78 is 44.1. The molecule has 1 aromatic heterocycles. The molecular formula is C18H25N3O5S. The summed E-state index contributed by atoms with van der Waals surface area (Å²) in [7, 11) is -2.20. The minimum absolute atomic E-state index is 0.129. The number of ether oxygens (including phenoxy) is 3. The van der Waals surface area contributed by atoms with Crippen LogP contribution < -0.4 is 4.74 Å². The summed E-state index contributed by atoms with van der Waals surface area (Å²) >= 11 is 0. The summed E-state index contributed by atoms with van der Waals surface area (Å²) in [5.41, 5.74) is 0.828. The van der Waals surface area contributed by atoms with Gasteiger partial charge in [-0.05, 0) is 25.0 Å². The smallest absolute Gasteiger partial charge is 0.248 e. The number of hydrogen-bond acceptors (Lipinski definition) is 7. The minimum atomic E-state index is -3.64. The van der Waals surface area contributed by atoms with E-state index >= 15 is 0 Å². The third-order valence-electron chi connectivity index (χ3n) is 6.29. The molecule has 8 nitrogen and oxygen atoms in total. The Hall–Kier alpha value is -1.26. The van der Waals surface area contributed by atoms with Gasteiger partial charge in [-0.15, -0.1) is 0 Å². The Bertz CT molecular complexity index is 856. The number of aryl methyl sites for hydroxylation is 1. The molecule has 1 unspecified atom stereocenters. The molecule has 0 aromatic carbocycles. The highest BCUT2D eigenvalue weighted by molar-refractivity contribution is 7.89. The molecule has 27 heavy (non-hydrogen) atoms. The van der Waals surface area contributed by atoms with E-state index in [9.17, 15) is 8.42 Å². The summed E-state index contributed by atoms with van der Waals surface area (Å²) in [6.45, 7) is 7.19. The summed E-state index contributed by atoms with van der Waals surface area (Å²) in [5, 5.41) is 0. The van der Waals surface area contributed by atoms with Crippen molar-refractivity contribution in [2.24, 2.45) is 5.41 Å². The molecule has 0 saturated carbocycles. The Morgan fingerprint density at radius 1 is 1.26 bits per heavy atom. The van der Waals surface area contributed by atoms with Crippen molar-refractivity contribution in [2.75, 3.05) is 53.1 Å². The van der Waals surface area contributed by atoms with Gasteiger partial charge < -0.3 is 14.2 Å². The standard InChI is InChI=1S/C18H25N3O5S/c1-13-3-15(16(24-2)19-5-13)27(22,23)21-9-18(10-21)4-14(6-26-18)20-7-17(8-20)11-25-12-17/h3,5,14H,4,6-12H2,1-2H3. The van der Waals surface area contributed by atoms with E-state index in [0.29, 0.717) is 31.2 Å². The van der Waals surface area contributed by atoms with Gasteiger partial charge in [0.05, 0.1) is 32.5 Å². The van der Waals surface area contributed by atoms with Crippen LogP contribution in [0.4, 0.5) is 0 Å². The fourth-order valence-corrected chi connectivity index (χ4v) is 6.48. The molecule has 0 radical (unpaired) electrons. The van der Waals surface area contributed by atoms with Crippen molar-refractivity contribution in [1.82, 2.24) is 14.2 Å². The van der Waals surface area contributed by atoms with Gasteiger partial charge in [-0.1, -0.05) is 0 Å². The number of hydrogen-bond donors (Lipinski definition) is 0. The van der Waals surface area contributed by atoms with E-state index in [4.69, 9.17) is 14.2 Å². The molecule has 1 atom stereocenters. The lowest BCUT2D eigenvalue weighted by Crippen LogP contribution is -2.68. The summed E-state index contributed by atoms with van der Waals surface area (Å²) in [6.07, 6.45) is 2.49. The maximum absolute atomic E-state index is 13.0. The molecule has 9 heteroatoms. The van der Waals surface area contributed by atoms with Gasteiger partial charge in [0, 0.05) is 43.8 Å². The predicted molar refractivity (Wildman–Crippen MR) is 96.2 cm³/mol. The maximum atomic E-state index is 13.0. The number of sulfonamides is 1. The lowest BCUT2D eigenvalue weighted by atomic mass is 9.76. The fourth-order valence-electron chi connectivity index (χ4n) is 4.70. The first-order chi connectivity index (χ1) is 12.8. The molecule has 0 N–H and O–H groups in total. The molecule has 4 fully saturated rings. The topological polar surface area (TPSA) is 81.2 Å². The Balaban J connectivity index is 1.25. The van der Waals surface area contributed by atoms with Gasteiger partial charge in [-0.3, -0.25) is 4.90 Å². The quantitative estimate of drug-likeness (QED) is 0.723. The Labute approximate surface area is 159 Å². The fraction of sp³-hybridized carbons (Fsp3) is 0.722. The summed E-state index contributed by atoms with van der Waals surface area (Å²) in [5.74, 6) is 0.139. The van der Waals surface area contributed by atoms with Crippen molar-refractivity contribution < 1.29 is 22.6 Å². The third kappa shape index (κ3) is 2.71. The van der Waals surface area contributed by atoms with Gasteiger partial charge in [0.25, 0.3) is 0 Å². The molecule has 4 aliphatic heterocycles. The van der Waals surface area contributed by atoms with E-state index in [1.165, 1.54) is 11.4 Å². The van der Waals surface area contributed by atoms with Crippen molar-refractivity contribution >= 4 is 10.0 Å². The number of pyridine rings is 1. The van der Waals surface area contributed by atoms with Crippen LogP contribution in [0.2, 0.25) is 0 Å². The normalized spacial score (nSPS) is 29.3. The number of methoxy groups -OCH3 is 1. The zero-order valence-corrected chi connectivity index (χ0v) is 16.5. The first-order valence-corrected chi connectivity index (χ1v) is 10.8. The van der Waals surface area contributed by atoms with Crippen LogP contribution in [-0.4, -0.2) is 87.4 Å². The zero-order valence-electron chi connectivity index (χ0n) is 15.7. The number of nitrogens with zero attached hydrogens (tertiary/aromatic N) is 3. The van der Waals surface area contributed by atoms with Crippen LogP contribution in [0.15, 0.2) is 17.2 Å². The van der Waals surface area contributed by atoms with Crippen molar-refractivity contribution in [1.29, 1.82) is 0 Å². The molecule has 5 rings (SSSR count). The van der Waals surface area contributed by atoms with Crippen LogP contribution in [-0.2, 0) is 19.5 Å². The SMILES string of the molecule is COc1ncc(C)cc1S(=O)(=O)N1CC2(CC(N3CC4(COC4)C3)CO2)C1. The number of aromatic nitrogens is 1. The lowest BCUT2D eigenvalue weighted by Gasteiger charge is -2.57. The molecule has 0 bridgehead atoms. The predicted octanol–water partition coefficient (Wildman–Crippen LogP) is 0.263. The van der Waals surface area contributed by atoms with E-state index in [2.05, 4.69) is 9.88 Å². The molecule has 1 aromatic rings. The highest BCUT2D eigenvalue weighted by Gasteiger charge is 2.58.